The molecule has 1 amide bonds. The van der Waals surface area contributed by atoms with Crippen molar-refractivity contribution in [1.82, 2.24) is 5.32 Å². The Morgan fingerprint density at radius 1 is 1.41 bits per heavy atom. The second-order valence-corrected chi connectivity index (χ2v) is 5.14. The second kappa shape index (κ2) is 9.42. The van der Waals surface area contributed by atoms with E-state index >= 15 is 0 Å². The quantitative estimate of drug-likeness (QED) is 0.572. The fourth-order valence-corrected chi connectivity index (χ4v) is 1.85. The number of aliphatic hydroxyl groups excluding tert-OH is 1. The summed E-state index contributed by atoms with van der Waals surface area (Å²) in [7, 11) is 0. The zero-order valence-electron chi connectivity index (χ0n) is 11.4. The zero-order chi connectivity index (χ0) is 13.3. The van der Waals surface area contributed by atoms with Crippen molar-refractivity contribution in [3.63, 3.8) is 0 Å². The molecule has 0 aliphatic rings. The SMILES string of the molecule is CCC(O)CCNC(=O)CC(CN)CC(C)C. The molecule has 17 heavy (non-hydrogen) atoms. The van der Waals surface area contributed by atoms with Crippen LogP contribution in [0.4, 0.5) is 0 Å². The van der Waals surface area contributed by atoms with Crippen molar-refractivity contribution in [3.8, 4) is 0 Å². The third-order valence-electron chi connectivity index (χ3n) is 2.88. The standard InChI is InChI=1S/C13H28N2O2/c1-4-12(16)5-6-15-13(17)8-11(9-14)7-10(2)3/h10-12,16H,4-9,14H2,1-3H3,(H,15,17). The fourth-order valence-electron chi connectivity index (χ4n) is 1.85. The van der Waals surface area contributed by atoms with Gasteiger partial charge < -0.3 is 16.2 Å². The Hall–Kier alpha value is -0.610. The molecule has 0 aromatic carbocycles. The summed E-state index contributed by atoms with van der Waals surface area (Å²) in [5, 5.41) is 12.2. The Balaban J connectivity index is 3.75. The van der Waals surface area contributed by atoms with Gasteiger partial charge in [-0.2, -0.15) is 0 Å². The van der Waals surface area contributed by atoms with Gasteiger partial charge in [-0.25, -0.2) is 0 Å². The van der Waals surface area contributed by atoms with E-state index in [9.17, 15) is 9.90 Å². The summed E-state index contributed by atoms with van der Waals surface area (Å²) in [6.07, 6.45) is 2.53. The fraction of sp³-hybridized carbons (Fsp3) is 0.923. The molecule has 4 heteroatoms. The number of rotatable bonds is 9. The molecule has 4 nitrogen and oxygen atoms in total. The predicted molar refractivity (Wildman–Crippen MR) is 70.5 cm³/mol. The van der Waals surface area contributed by atoms with Gasteiger partial charge in [-0.15, -0.1) is 0 Å². The van der Waals surface area contributed by atoms with E-state index in [1.807, 2.05) is 6.92 Å². The third-order valence-corrected chi connectivity index (χ3v) is 2.88. The van der Waals surface area contributed by atoms with Crippen molar-refractivity contribution in [3.05, 3.63) is 0 Å². The van der Waals surface area contributed by atoms with Gasteiger partial charge in [0.1, 0.15) is 0 Å². The van der Waals surface area contributed by atoms with E-state index in [1.54, 1.807) is 0 Å². The van der Waals surface area contributed by atoms with E-state index in [1.165, 1.54) is 0 Å². The molecule has 0 spiro atoms. The van der Waals surface area contributed by atoms with Crippen LogP contribution < -0.4 is 11.1 Å². The van der Waals surface area contributed by atoms with Gasteiger partial charge in [-0.3, -0.25) is 4.79 Å². The Morgan fingerprint density at radius 3 is 2.53 bits per heavy atom. The Labute approximate surface area is 105 Å². The van der Waals surface area contributed by atoms with Gasteiger partial charge in [0.15, 0.2) is 0 Å². The summed E-state index contributed by atoms with van der Waals surface area (Å²) < 4.78 is 0. The van der Waals surface area contributed by atoms with Crippen LogP contribution >= 0.6 is 0 Å². The lowest BCUT2D eigenvalue weighted by Gasteiger charge is -2.16. The van der Waals surface area contributed by atoms with Crippen LogP contribution in [0.2, 0.25) is 0 Å². The molecule has 2 unspecified atom stereocenters. The smallest absolute Gasteiger partial charge is 0.220 e. The maximum Gasteiger partial charge on any atom is 0.220 e. The minimum atomic E-state index is -0.309. The first-order valence-electron chi connectivity index (χ1n) is 6.64. The normalized spacial score (nSPS) is 14.7. The lowest BCUT2D eigenvalue weighted by molar-refractivity contribution is -0.122. The minimum absolute atomic E-state index is 0.0457. The highest BCUT2D eigenvalue weighted by atomic mass is 16.3. The topological polar surface area (TPSA) is 75.3 Å². The summed E-state index contributed by atoms with van der Waals surface area (Å²) >= 11 is 0. The average Bonchev–Trinajstić information content (AvgIpc) is 2.27. The molecule has 0 saturated carbocycles. The number of nitrogens with one attached hydrogen (secondary N) is 1. The molecule has 102 valence electrons. The van der Waals surface area contributed by atoms with Gasteiger partial charge in [0.2, 0.25) is 5.91 Å². The van der Waals surface area contributed by atoms with Crippen LogP contribution in [0.15, 0.2) is 0 Å². The maximum absolute atomic E-state index is 11.6. The molecule has 0 aliphatic heterocycles. The average molecular weight is 244 g/mol. The van der Waals surface area contributed by atoms with Crippen LogP contribution in [-0.4, -0.2) is 30.2 Å². The van der Waals surface area contributed by atoms with Crippen LogP contribution in [0.5, 0.6) is 0 Å². The zero-order valence-corrected chi connectivity index (χ0v) is 11.4. The van der Waals surface area contributed by atoms with E-state index < -0.39 is 0 Å². The Morgan fingerprint density at radius 2 is 2.06 bits per heavy atom. The van der Waals surface area contributed by atoms with Gasteiger partial charge in [0.25, 0.3) is 0 Å². The summed E-state index contributed by atoms with van der Waals surface area (Å²) in [4.78, 5) is 11.6. The molecule has 0 radical (unpaired) electrons. The third kappa shape index (κ3) is 9.12. The second-order valence-electron chi connectivity index (χ2n) is 5.14. The highest BCUT2D eigenvalue weighted by Crippen LogP contribution is 2.13. The van der Waals surface area contributed by atoms with Gasteiger partial charge in [-0.05, 0) is 37.6 Å². The molecule has 2 atom stereocenters. The summed E-state index contributed by atoms with van der Waals surface area (Å²) in [5.41, 5.74) is 5.65. The number of nitrogens with two attached hydrogens (primary N) is 1. The molecule has 0 aromatic rings. The number of carbonyl (C=O) groups is 1. The number of hydrogen-bond acceptors (Lipinski definition) is 3. The van der Waals surface area contributed by atoms with E-state index in [0.717, 1.165) is 12.8 Å². The number of hydrogen-bond donors (Lipinski definition) is 3. The Kier molecular flexibility index (Phi) is 9.09. The molecule has 0 fully saturated rings. The van der Waals surface area contributed by atoms with Gasteiger partial charge in [0, 0.05) is 13.0 Å². The number of aliphatic hydroxyl groups is 1. The number of amides is 1. The maximum atomic E-state index is 11.6. The van der Waals surface area contributed by atoms with Crippen molar-refractivity contribution < 1.29 is 9.90 Å². The van der Waals surface area contributed by atoms with Crippen molar-refractivity contribution in [2.24, 2.45) is 17.6 Å². The van der Waals surface area contributed by atoms with Gasteiger partial charge in [0.05, 0.1) is 6.10 Å². The largest absolute Gasteiger partial charge is 0.393 e. The molecule has 0 aliphatic carbocycles. The van der Waals surface area contributed by atoms with E-state index in [-0.39, 0.29) is 17.9 Å². The summed E-state index contributed by atoms with van der Waals surface area (Å²) in [6.45, 7) is 7.31. The van der Waals surface area contributed by atoms with Crippen LogP contribution in [0, 0.1) is 11.8 Å². The van der Waals surface area contributed by atoms with E-state index in [4.69, 9.17) is 5.73 Å². The molecular weight excluding hydrogens is 216 g/mol. The Bertz CT molecular complexity index is 208. The highest BCUT2D eigenvalue weighted by Gasteiger charge is 2.13. The lowest BCUT2D eigenvalue weighted by atomic mass is 9.94. The van der Waals surface area contributed by atoms with Crippen molar-refractivity contribution >= 4 is 5.91 Å². The van der Waals surface area contributed by atoms with E-state index in [2.05, 4.69) is 19.2 Å². The molecule has 0 aromatic heterocycles. The molecule has 4 N–H and O–H groups in total. The molecule has 0 heterocycles. The predicted octanol–water partition coefficient (Wildman–Crippen LogP) is 1.27. The summed E-state index contributed by atoms with van der Waals surface area (Å²) in [6, 6.07) is 0. The lowest BCUT2D eigenvalue weighted by Crippen LogP contribution is -2.30. The van der Waals surface area contributed by atoms with Crippen LogP contribution in [0.1, 0.15) is 46.5 Å². The van der Waals surface area contributed by atoms with E-state index in [0.29, 0.717) is 31.8 Å². The highest BCUT2D eigenvalue weighted by molar-refractivity contribution is 5.76. The monoisotopic (exact) mass is 244 g/mol. The first-order chi connectivity index (χ1) is 7.99. The van der Waals surface area contributed by atoms with Crippen molar-refractivity contribution in [1.29, 1.82) is 0 Å². The number of carbonyl (C=O) groups excluding carboxylic acids is 1. The van der Waals surface area contributed by atoms with Crippen LogP contribution in [0.3, 0.4) is 0 Å². The molecule has 0 bridgehead atoms. The van der Waals surface area contributed by atoms with Gasteiger partial charge in [-0.1, -0.05) is 20.8 Å². The van der Waals surface area contributed by atoms with Crippen molar-refractivity contribution in [2.75, 3.05) is 13.1 Å². The van der Waals surface area contributed by atoms with Gasteiger partial charge >= 0.3 is 0 Å². The molecule has 0 saturated heterocycles. The summed E-state index contributed by atoms with van der Waals surface area (Å²) in [5.74, 6) is 0.883. The van der Waals surface area contributed by atoms with Crippen LogP contribution in [0.25, 0.3) is 0 Å². The molecular formula is C13H28N2O2. The van der Waals surface area contributed by atoms with Crippen LogP contribution in [-0.2, 0) is 4.79 Å². The molecule has 0 rings (SSSR count). The van der Waals surface area contributed by atoms with Crippen molar-refractivity contribution in [2.45, 2.75) is 52.6 Å². The minimum Gasteiger partial charge on any atom is -0.393 e. The first-order valence-corrected chi connectivity index (χ1v) is 6.64. The first kappa shape index (κ1) is 16.4.